The highest BCUT2D eigenvalue weighted by atomic mass is 19.4. The molecular weight excluding hydrogens is 241 g/mol. The van der Waals surface area contributed by atoms with Crippen LogP contribution >= 0.6 is 0 Å². The van der Waals surface area contributed by atoms with Gasteiger partial charge in [0, 0.05) is 6.04 Å². The summed E-state index contributed by atoms with van der Waals surface area (Å²) in [5, 5.41) is 0. The minimum Gasteiger partial charge on any atom is -0.326 e. The second-order valence-corrected chi connectivity index (χ2v) is 5.59. The summed E-state index contributed by atoms with van der Waals surface area (Å²) in [6.07, 6.45) is -0.441. The SMILES string of the molecule is CCC1(CC)CCN(C(C(C)N)C(F)(F)F)CC1. The molecule has 1 aliphatic rings. The van der Waals surface area contributed by atoms with E-state index < -0.39 is 18.3 Å². The van der Waals surface area contributed by atoms with Gasteiger partial charge in [0.05, 0.1) is 0 Å². The van der Waals surface area contributed by atoms with Gasteiger partial charge in [0.2, 0.25) is 0 Å². The minimum absolute atomic E-state index is 0.241. The Morgan fingerprint density at radius 1 is 1.17 bits per heavy atom. The summed E-state index contributed by atoms with van der Waals surface area (Å²) in [6.45, 7) is 6.72. The summed E-state index contributed by atoms with van der Waals surface area (Å²) in [4.78, 5) is 1.52. The number of halogens is 3. The topological polar surface area (TPSA) is 29.3 Å². The average Bonchev–Trinajstić information content (AvgIpc) is 2.28. The number of hydrogen-bond acceptors (Lipinski definition) is 2. The highest BCUT2D eigenvalue weighted by Gasteiger charge is 2.47. The zero-order chi connectivity index (χ0) is 14.0. The number of nitrogens with zero attached hydrogens (tertiary/aromatic N) is 1. The highest BCUT2D eigenvalue weighted by molar-refractivity contribution is 4.92. The maximum absolute atomic E-state index is 13.0. The molecule has 2 unspecified atom stereocenters. The van der Waals surface area contributed by atoms with Gasteiger partial charge in [0.1, 0.15) is 6.04 Å². The molecule has 2 atom stereocenters. The van der Waals surface area contributed by atoms with Gasteiger partial charge in [0.15, 0.2) is 0 Å². The molecule has 1 heterocycles. The van der Waals surface area contributed by atoms with Crippen molar-refractivity contribution in [1.82, 2.24) is 4.90 Å². The summed E-state index contributed by atoms with van der Waals surface area (Å²) in [6, 6.07) is -2.37. The van der Waals surface area contributed by atoms with Crippen molar-refractivity contribution in [2.75, 3.05) is 13.1 Å². The Hall–Kier alpha value is -0.290. The summed E-state index contributed by atoms with van der Waals surface area (Å²) < 4.78 is 39.0. The first-order valence-electron chi connectivity index (χ1n) is 6.82. The van der Waals surface area contributed by atoms with E-state index in [-0.39, 0.29) is 5.41 Å². The Labute approximate surface area is 108 Å². The monoisotopic (exact) mass is 266 g/mol. The molecule has 1 aliphatic heterocycles. The van der Waals surface area contributed by atoms with Gasteiger partial charge in [-0.25, -0.2) is 0 Å². The van der Waals surface area contributed by atoms with E-state index in [2.05, 4.69) is 13.8 Å². The van der Waals surface area contributed by atoms with Crippen molar-refractivity contribution in [3.63, 3.8) is 0 Å². The molecule has 2 N–H and O–H groups in total. The Morgan fingerprint density at radius 3 is 1.89 bits per heavy atom. The Balaban J connectivity index is 2.71. The summed E-state index contributed by atoms with van der Waals surface area (Å²) in [5.74, 6) is 0. The summed E-state index contributed by atoms with van der Waals surface area (Å²) >= 11 is 0. The molecule has 0 aliphatic carbocycles. The van der Waals surface area contributed by atoms with Crippen molar-refractivity contribution in [3.8, 4) is 0 Å². The molecule has 1 rings (SSSR count). The normalized spacial score (nSPS) is 24.8. The van der Waals surface area contributed by atoms with Crippen LogP contribution in [0.5, 0.6) is 0 Å². The van der Waals surface area contributed by atoms with Gasteiger partial charge in [0.25, 0.3) is 0 Å². The minimum atomic E-state index is -4.23. The van der Waals surface area contributed by atoms with Gasteiger partial charge in [-0.05, 0) is 38.3 Å². The largest absolute Gasteiger partial charge is 0.405 e. The smallest absolute Gasteiger partial charge is 0.326 e. The van der Waals surface area contributed by atoms with E-state index in [0.717, 1.165) is 25.7 Å². The van der Waals surface area contributed by atoms with Gasteiger partial charge in [-0.2, -0.15) is 13.2 Å². The van der Waals surface area contributed by atoms with Crippen molar-refractivity contribution in [2.45, 2.75) is 64.7 Å². The van der Waals surface area contributed by atoms with E-state index in [0.29, 0.717) is 13.1 Å². The van der Waals surface area contributed by atoms with Crippen LogP contribution in [0, 0.1) is 5.41 Å². The average molecular weight is 266 g/mol. The number of likely N-dealkylation sites (tertiary alicyclic amines) is 1. The fourth-order valence-electron chi connectivity index (χ4n) is 3.07. The lowest BCUT2D eigenvalue weighted by Crippen LogP contribution is -2.57. The molecule has 0 aromatic carbocycles. The number of rotatable bonds is 4. The first-order valence-corrected chi connectivity index (χ1v) is 6.82. The highest BCUT2D eigenvalue weighted by Crippen LogP contribution is 2.40. The van der Waals surface area contributed by atoms with Gasteiger partial charge < -0.3 is 5.73 Å². The molecular formula is C13H25F3N2. The maximum atomic E-state index is 13.0. The van der Waals surface area contributed by atoms with Crippen LogP contribution in [0.3, 0.4) is 0 Å². The van der Waals surface area contributed by atoms with Crippen LogP contribution in [0.2, 0.25) is 0 Å². The van der Waals surface area contributed by atoms with Crippen LogP contribution in [-0.4, -0.2) is 36.2 Å². The van der Waals surface area contributed by atoms with Crippen molar-refractivity contribution in [1.29, 1.82) is 0 Å². The molecule has 2 nitrogen and oxygen atoms in total. The fraction of sp³-hybridized carbons (Fsp3) is 1.00. The molecule has 1 saturated heterocycles. The molecule has 0 bridgehead atoms. The van der Waals surface area contributed by atoms with Crippen LogP contribution in [-0.2, 0) is 0 Å². The molecule has 0 radical (unpaired) electrons. The standard InChI is InChI=1S/C13H25F3N2/c1-4-12(5-2)6-8-18(9-7-12)11(10(3)17)13(14,15)16/h10-11H,4-9,17H2,1-3H3. The van der Waals surface area contributed by atoms with E-state index in [1.165, 1.54) is 11.8 Å². The van der Waals surface area contributed by atoms with Crippen molar-refractivity contribution in [2.24, 2.45) is 11.1 Å². The summed E-state index contributed by atoms with van der Waals surface area (Å²) in [7, 11) is 0. The molecule has 1 fully saturated rings. The fourth-order valence-corrected chi connectivity index (χ4v) is 3.07. The maximum Gasteiger partial charge on any atom is 0.405 e. The Kier molecular flexibility index (Phi) is 5.06. The number of hydrogen-bond donors (Lipinski definition) is 1. The van der Waals surface area contributed by atoms with Crippen molar-refractivity contribution in [3.05, 3.63) is 0 Å². The lowest BCUT2D eigenvalue weighted by atomic mass is 9.74. The predicted molar refractivity (Wildman–Crippen MR) is 67.3 cm³/mol. The van der Waals surface area contributed by atoms with Crippen LogP contribution in [0.4, 0.5) is 13.2 Å². The zero-order valence-corrected chi connectivity index (χ0v) is 11.6. The van der Waals surface area contributed by atoms with Crippen molar-refractivity contribution < 1.29 is 13.2 Å². The molecule has 108 valence electrons. The third kappa shape index (κ3) is 3.38. The van der Waals surface area contributed by atoms with Gasteiger partial charge in [-0.1, -0.05) is 26.7 Å². The molecule has 5 heteroatoms. The van der Waals surface area contributed by atoms with Gasteiger partial charge >= 0.3 is 6.18 Å². The third-order valence-electron chi connectivity index (χ3n) is 4.59. The number of piperidine rings is 1. The predicted octanol–water partition coefficient (Wildman–Crippen LogP) is 3.17. The van der Waals surface area contributed by atoms with E-state index >= 15 is 0 Å². The molecule has 0 amide bonds. The van der Waals surface area contributed by atoms with Crippen LogP contribution in [0.25, 0.3) is 0 Å². The van der Waals surface area contributed by atoms with E-state index in [1.807, 2.05) is 0 Å². The van der Waals surface area contributed by atoms with E-state index in [9.17, 15) is 13.2 Å². The first kappa shape index (κ1) is 15.8. The quantitative estimate of drug-likeness (QED) is 0.847. The van der Waals surface area contributed by atoms with Gasteiger partial charge in [-0.3, -0.25) is 4.90 Å². The molecule has 0 aromatic heterocycles. The molecule has 0 aromatic rings. The molecule has 18 heavy (non-hydrogen) atoms. The zero-order valence-electron chi connectivity index (χ0n) is 11.6. The lowest BCUT2D eigenvalue weighted by Gasteiger charge is -2.45. The van der Waals surface area contributed by atoms with E-state index in [1.54, 1.807) is 0 Å². The van der Waals surface area contributed by atoms with Gasteiger partial charge in [-0.15, -0.1) is 0 Å². The number of alkyl halides is 3. The lowest BCUT2D eigenvalue weighted by molar-refractivity contribution is -0.193. The van der Waals surface area contributed by atoms with Crippen LogP contribution < -0.4 is 5.73 Å². The summed E-state index contributed by atoms with van der Waals surface area (Å²) in [5.41, 5.74) is 5.77. The second kappa shape index (κ2) is 5.78. The Morgan fingerprint density at radius 2 is 1.61 bits per heavy atom. The molecule has 0 saturated carbocycles. The molecule has 0 spiro atoms. The van der Waals surface area contributed by atoms with Crippen LogP contribution in [0.15, 0.2) is 0 Å². The first-order chi connectivity index (χ1) is 8.25. The third-order valence-corrected chi connectivity index (χ3v) is 4.59. The van der Waals surface area contributed by atoms with E-state index in [4.69, 9.17) is 5.73 Å². The van der Waals surface area contributed by atoms with Crippen LogP contribution in [0.1, 0.15) is 46.5 Å². The number of nitrogens with two attached hydrogens (primary N) is 1. The Bertz CT molecular complexity index is 249. The second-order valence-electron chi connectivity index (χ2n) is 5.59. The van der Waals surface area contributed by atoms with Crippen molar-refractivity contribution >= 4 is 0 Å².